The number of nitrogens with zero attached hydrogens (tertiary/aromatic N) is 1. The van der Waals surface area contributed by atoms with Crippen LogP contribution >= 0.6 is 0 Å². The van der Waals surface area contributed by atoms with E-state index in [0.717, 1.165) is 151 Å². The van der Waals surface area contributed by atoms with E-state index in [-0.39, 0.29) is 17.2 Å². The lowest BCUT2D eigenvalue weighted by atomic mass is 9.91. The molecule has 0 N–H and O–H groups in total. The lowest BCUT2D eigenvalue weighted by Gasteiger charge is -2.46. The van der Waals surface area contributed by atoms with Crippen molar-refractivity contribution < 1.29 is 58.0 Å². The maximum absolute atomic E-state index is 14.7. The molecular weight excluding hydrogens is 880 g/mol. The van der Waals surface area contributed by atoms with E-state index in [1.165, 1.54) is 83.1 Å². The van der Waals surface area contributed by atoms with E-state index < -0.39 is 48.6 Å². The second kappa shape index (κ2) is 30.1. The maximum Gasteiger partial charge on any atom is 0.864 e. The zero-order chi connectivity index (χ0) is 49.2. The van der Waals surface area contributed by atoms with Gasteiger partial charge in [0.25, 0.3) is 0 Å². The van der Waals surface area contributed by atoms with Crippen LogP contribution in [0, 0.1) is 0 Å². The Bertz CT molecular complexity index is 1670. The van der Waals surface area contributed by atoms with E-state index in [0.29, 0.717) is 16.5 Å². The first-order chi connectivity index (χ1) is 32.0. The molecule has 0 heterocycles. The number of halogens is 9. The number of hydrogen-bond donors (Lipinski definition) is 0. The van der Waals surface area contributed by atoms with Crippen LogP contribution in [-0.4, -0.2) is 31.4 Å². The molecule has 3 aromatic carbocycles. The number of alkyl halides is 9. The zero-order valence-electron chi connectivity index (χ0n) is 40.7. The minimum Gasteiger partial charge on any atom is -0.490 e. The van der Waals surface area contributed by atoms with Gasteiger partial charge in [0, 0.05) is 6.42 Å². The van der Waals surface area contributed by atoms with Gasteiger partial charge in [-0.25, -0.2) is 0 Å². The van der Waals surface area contributed by atoms with Crippen LogP contribution in [0.5, 0.6) is 17.2 Å². The van der Waals surface area contributed by atoms with Crippen molar-refractivity contribution in [3.05, 3.63) is 89.0 Å². The summed E-state index contributed by atoms with van der Waals surface area (Å²) < 4.78 is 144. The molecule has 0 aliphatic heterocycles. The van der Waals surface area contributed by atoms with Gasteiger partial charge in [-0.05, 0) is 92.4 Å². The molecule has 3 rings (SSSR count). The molecule has 0 radical (unpaired) electrons. The van der Waals surface area contributed by atoms with Gasteiger partial charge in [0.2, 0.25) is 0 Å². The minimum absolute atomic E-state index is 0.0285. The van der Waals surface area contributed by atoms with Crippen LogP contribution in [0.25, 0.3) is 0 Å². The topological polar surface area (TPSA) is 27.7 Å². The highest BCUT2D eigenvalue weighted by Gasteiger charge is 2.42. The van der Waals surface area contributed by atoms with E-state index in [1.54, 1.807) is 0 Å². The Morgan fingerprint density at radius 2 is 0.731 bits per heavy atom. The van der Waals surface area contributed by atoms with Crippen LogP contribution in [0.4, 0.5) is 39.5 Å². The minimum atomic E-state index is -4.69. The molecule has 378 valence electrons. The maximum atomic E-state index is 14.7. The second-order valence-electron chi connectivity index (χ2n) is 18.3. The lowest BCUT2D eigenvalue weighted by molar-refractivity contribution is -0.958. The van der Waals surface area contributed by atoms with Crippen molar-refractivity contribution >= 4 is 7.32 Å². The molecule has 0 bridgehead atoms. The fourth-order valence-electron chi connectivity index (χ4n) is 8.94. The summed E-state index contributed by atoms with van der Waals surface area (Å²) in [5.41, 5.74) is -2.44. The molecule has 3 aromatic rings. The van der Waals surface area contributed by atoms with E-state index in [2.05, 4.69) is 27.7 Å². The Morgan fingerprint density at radius 3 is 1.07 bits per heavy atom. The number of quaternary nitrogens is 1. The standard InChI is InChI=1S/C53H78BF9NO3/c1-5-9-13-14-15-16-17-18-19-20-21-22-23-24-25-26-27-28-49(64(39-10-6-2,40-11-7-3)41-12-8-4)48-42-45(53(61,62)63)33-38-50(48)67-54(65-46-34-29-43(30-35-46)51(55,56)57)66-47-36-31-44(32-37-47)52(58,59)60/h29-38,42,49H,5-28,39-41H2,1-4H3/q+1. The van der Waals surface area contributed by atoms with Crippen molar-refractivity contribution in [3.8, 4) is 17.2 Å². The SMILES string of the molecule is CCCCCCCCCCCCCCCCCCCC(c1cc(C(F)(F)F)ccc1OB(Oc1ccc(C(F)(F)F)cc1)Oc1ccc(C(F)(F)F)cc1)[N+](CCCC)(CCCC)CCCC. The molecule has 0 saturated carbocycles. The predicted molar refractivity (Wildman–Crippen MR) is 253 cm³/mol. The third kappa shape index (κ3) is 21.3. The summed E-state index contributed by atoms with van der Waals surface area (Å²) in [5.74, 6) is -0.226. The summed E-state index contributed by atoms with van der Waals surface area (Å²) >= 11 is 0. The first-order valence-electron chi connectivity index (χ1n) is 25.4. The Hall–Kier alpha value is -3.55. The molecule has 0 amide bonds. The Kier molecular flexibility index (Phi) is 26.0. The van der Waals surface area contributed by atoms with Crippen LogP contribution in [0.2, 0.25) is 0 Å². The molecule has 4 nitrogen and oxygen atoms in total. The quantitative estimate of drug-likeness (QED) is 0.0254. The fourth-order valence-corrected chi connectivity index (χ4v) is 8.94. The Balaban J connectivity index is 1.94. The fraction of sp³-hybridized carbons (Fsp3) is 0.660. The average Bonchev–Trinajstić information content (AvgIpc) is 3.28. The molecule has 0 aliphatic carbocycles. The molecule has 0 saturated heterocycles. The number of unbranched alkanes of at least 4 members (excludes halogenated alkanes) is 19. The molecule has 0 fully saturated rings. The third-order valence-electron chi connectivity index (χ3n) is 12.9. The summed E-state index contributed by atoms with van der Waals surface area (Å²) in [5, 5.41) is 0. The van der Waals surface area contributed by atoms with Gasteiger partial charge >= 0.3 is 25.9 Å². The molecule has 0 aromatic heterocycles. The van der Waals surface area contributed by atoms with Crippen LogP contribution in [-0.2, 0) is 18.5 Å². The van der Waals surface area contributed by atoms with E-state index >= 15 is 0 Å². The number of rotatable bonds is 35. The van der Waals surface area contributed by atoms with Crippen molar-refractivity contribution in [2.24, 2.45) is 0 Å². The van der Waals surface area contributed by atoms with Gasteiger partial charge in [-0.2, -0.15) is 39.5 Å². The smallest absolute Gasteiger partial charge is 0.490 e. The molecule has 1 unspecified atom stereocenters. The van der Waals surface area contributed by atoms with E-state index in [1.807, 2.05) is 0 Å². The zero-order valence-corrected chi connectivity index (χ0v) is 40.7. The van der Waals surface area contributed by atoms with E-state index in [4.69, 9.17) is 14.0 Å². The van der Waals surface area contributed by atoms with E-state index in [9.17, 15) is 39.5 Å². The van der Waals surface area contributed by atoms with Crippen LogP contribution < -0.4 is 14.0 Å². The molecule has 67 heavy (non-hydrogen) atoms. The van der Waals surface area contributed by atoms with Crippen molar-refractivity contribution in [1.82, 2.24) is 0 Å². The molecule has 1 atom stereocenters. The predicted octanol–water partition coefficient (Wildman–Crippen LogP) is 18.6. The summed E-state index contributed by atoms with van der Waals surface area (Å²) in [6.07, 6.45) is 12.4. The van der Waals surface area contributed by atoms with Gasteiger partial charge in [0.05, 0.1) is 41.9 Å². The summed E-state index contributed by atoms with van der Waals surface area (Å²) in [6.45, 7) is 10.8. The molecular formula is C53H78BF9NO3+. The number of hydrogen-bond acceptors (Lipinski definition) is 3. The van der Waals surface area contributed by atoms with Crippen molar-refractivity contribution in [1.29, 1.82) is 0 Å². The summed E-state index contributed by atoms with van der Waals surface area (Å²) in [6, 6.07) is 10.2. The summed E-state index contributed by atoms with van der Waals surface area (Å²) in [7, 11) is -1.83. The largest absolute Gasteiger partial charge is 0.864 e. The van der Waals surface area contributed by atoms with Crippen LogP contribution in [0.1, 0.15) is 210 Å². The van der Waals surface area contributed by atoms with Crippen LogP contribution in [0.15, 0.2) is 66.7 Å². The highest BCUT2D eigenvalue weighted by atomic mass is 19.4. The summed E-state index contributed by atoms with van der Waals surface area (Å²) in [4.78, 5) is 0. The van der Waals surface area contributed by atoms with Gasteiger partial charge in [-0.1, -0.05) is 150 Å². The first kappa shape index (κ1) is 57.8. The third-order valence-corrected chi connectivity index (χ3v) is 12.9. The number of benzene rings is 3. The van der Waals surface area contributed by atoms with Crippen LogP contribution in [0.3, 0.4) is 0 Å². The normalized spacial score (nSPS) is 12.9. The highest BCUT2D eigenvalue weighted by Crippen LogP contribution is 2.43. The lowest BCUT2D eigenvalue weighted by Crippen LogP contribution is -2.53. The molecule has 0 aliphatic rings. The monoisotopic (exact) mass is 959 g/mol. The van der Waals surface area contributed by atoms with Gasteiger partial charge in [0.15, 0.2) is 0 Å². The second-order valence-corrected chi connectivity index (χ2v) is 18.3. The van der Waals surface area contributed by atoms with Crippen molar-refractivity contribution in [2.75, 3.05) is 19.6 Å². The van der Waals surface area contributed by atoms with Crippen molar-refractivity contribution in [3.63, 3.8) is 0 Å². The molecule has 0 spiro atoms. The molecule has 14 heteroatoms. The van der Waals surface area contributed by atoms with Gasteiger partial charge in [0.1, 0.15) is 23.3 Å². The van der Waals surface area contributed by atoms with Gasteiger partial charge in [-0.3, -0.25) is 0 Å². The average molecular weight is 959 g/mol. The van der Waals surface area contributed by atoms with Gasteiger partial charge in [-0.15, -0.1) is 0 Å². The first-order valence-corrected chi connectivity index (χ1v) is 25.4. The van der Waals surface area contributed by atoms with Crippen molar-refractivity contribution in [2.45, 2.75) is 206 Å². The Morgan fingerprint density at radius 1 is 0.403 bits per heavy atom. The Labute approximate surface area is 396 Å². The highest BCUT2D eigenvalue weighted by molar-refractivity contribution is 6.39. The van der Waals surface area contributed by atoms with Gasteiger partial charge < -0.3 is 18.4 Å².